The molecule has 0 fully saturated rings. The Bertz CT molecular complexity index is 354. The molecular formula is C10H23N3O4S. The van der Waals surface area contributed by atoms with Gasteiger partial charge in [0.2, 0.25) is 15.9 Å². The summed E-state index contributed by atoms with van der Waals surface area (Å²) in [5.74, 6) is -0.570. The van der Waals surface area contributed by atoms with Crippen LogP contribution in [0.4, 0.5) is 0 Å². The van der Waals surface area contributed by atoms with Gasteiger partial charge in [-0.1, -0.05) is 0 Å². The van der Waals surface area contributed by atoms with E-state index in [0.717, 1.165) is 0 Å². The van der Waals surface area contributed by atoms with Gasteiger partial charge in [-0.25, -0.2) is 13.1 Å². The molecule has 0 saturated carbocycles. The lowest BCUT2D eigenvalue weighted by Gasteiger charge is -2.24. The SMILES string of the molecule is CCOCCS(=O)(=O)NCC(=O)NC(C)(C)CN. The molecule has 0 bridgehead atoms. The fourth-order valence-corrected chi connectivity index (χ4v) is 1.87. The van der Waals surface area contributed by atoms with Crippen molar-refractivity contribution >= 4 is 15.9 Å². The molecule has 0 heterocycles. The lowest BCUT2D eigenvalue weighted by molar-refractivity contribution is -0.121. The minimum Gasteiger partial charge on any atom is -0.381 e. The van der Waals surface area contributed by atoms with E-state index >= 15 is 0 Å². The molecule has 0 aromatic rings. The van der Waals surface area contributed by atoms with Crippen LogP contribution in [0.15, 0.2) is 0 Å². The van der Waals surface area contributed by atoms with Crippen molar-refractivity contribution in [2.75, 3.05) is 32.1 Å². The number of rotatable bonds is 9. The number of hydrogen-bond donors (Lipinski definition) is 3. The van der Waals surface area contributed by atoms with Gasteiger partial charge in [-0.15, -0.1) is 0 Å². The molecule has 0 spiro atoms. The zero-order chi connectivity index (χ0) is 14.2. The van der Waals surface area contributed by atoms with Crippen LogP contribution in [-0.4, -0.2) is 51.9 Å². The molecule has 4 N–H and O–H groups in total. The van der Waals surface area contributed by atoms with E-state index in [-0.39, 0.29) is 25.4 Å². The molecule has 0 radical (unpaired) electrons. The van der Waals surface area contributed by atoms with Crippen molar-refractivity contribution in [2.45, 2.75) is 26.3 Å². The molecule has 7 nitrogen and oxygen atoms in total. The summed E-state index contributed by atoms with van der Waals surface area (Å²) in [7, 11) is -3.48. The Morgan fingerprint density at radius 3 is 2.50 bits per heavy atom. The predicted octanol–water partition coefficient (Wildman–Crippen LogP) is -1.20. The van der Waals surface area contributed by atoms with Gasteiger partial charge in [-0.3, -0.25) is 4.79 Å². The number of ether oxygens (including phenoxy) is 1. The number of amides is 1. The van der Waals surface area contributed by atoms with Gasteiger partial charge in [-0.2, -0.15) is 0 Å². The average Bonchev–Trinajstić information content (AvgIpc) is 2.26. The van der Waals surface area contributed by atoms with Crippen LogP contribution in [0.3, 0.4) is 0 Å². The second kappa shape index (κ2) is 7.67. The van der Waals surface area contributed by atoms with Gasteiger partial charge in [0.1, 0.15) is 0 Å². The summed E-state index contributed by atoms with van der Waals surface area (Å²) < 4.78 is 30.0. The molecule has 0 rings (SSSR count). The Labute approximate surface area is 108 Å². The lowest BCUT2D eigenvalue weighted by atomic mass is 10.1. The highest BCUT2D eigenvalue weighted by molar-refractivity contribution is 7.89. The number of carbonyl (C=O) groups is 1. The van der Waals surface area contributed by atoms with E-state index in [0.29, 0.717) is 6.61 Å². The monoisotopic (exact) mass is 281 g/mol. The van der Waals surface area contributed by atoms with Crippen LogP contribution < -0.4 is 15.8 Å². The molecule has 1 amide bonds. The van der Waals surface area contributed by atoms with Crippen LogP contribution in [0.5, 0.6) is 0 Å². The first-order chi connectivity index (χ1) is 8.22. The van der Waals surface area contributed by atoms with Gasteiger partial charge >= 0.3 is 0 Å². The van der Waals surface area contributed by atoms with Crippen molar-refractivity contribution in [2.24, 2.45) is 5.73 Å². The molecule has 0 unspecified atom stereocenters. The van der Waals surface area contributed by atoms with Crippen molar-refractivity contribution in [3.8, 4) is 0 Å². The Balaban J connectivity index is 4.05. The van der Waals surface area contributed by atoms with Gasteiger partial charge in [0.15, 0.2) is 0 Å². The summed E-state index contributed by atoms with van der Waals surface area (Å²) in [6.45, 7) is 5.85. The van der Waals surface area contributed by atoms with E-state index in [1.54, 1.807) is 20.8 Å². The van der Waals surface area contributed by atoms with Crippen LogP contribution in [0, 0.1) is 0 Å². The Hall–Kier alpha value is -0.700. The number of nitrogens with two attached hydrogens (primary N) is 1. The minimum absolute atomic E-state index is 0.113. The van der Waals surface area contributed by atoms with E-state index in [2.05, 4.69) is 10.0 Å². The van der Waals surface area contributed by atoms with Gasteiger partial charge in [0.25, 0.3) is 0 Å². The summed E-state index contributed by atoms with van der Waals surface area (Å²) in [6, 6.07) is 0. The predicted molar refractivity (Wildman–Crippen MR) is 69.6 cm³/mol. The second-order valence-corrected chi connectivity index (χ2v) is 6.40. The molecule has 0 aliphatic rings. The first-order valence-electron chi connectivity index (χ1n) is 5.78. The molecule has 0 atom stereocenters. The molecule has 0 aliphatic carbocycles. The number of sulfonamides is 1. The highest BCUT2D eigenvalue weighted by atomic mass is 32.2. The summed E-state index contributed by atoms with van der Waals surface area (Å²) in [5.41, 5.74) is 4.90. The highest BCUT2D eigenvalue weighted by Crippen LogP contribution is 1.97. The summed E-state index contributed by atoms with van der Waals surface area (Å²) in [4.78, 5) is 11.5. The van der Waals surface area contributed by atoms with Crippen molar-refractivity contribution in [3.63, 3.8) is 0 Å². The number of hydrogen-bond acceptors (Lipinski definition) is 5. The molecule has 0 aliphatic heterocycles. The lowest BCUT2D eigenvalue weighted by Crippen LogP contribution is -2.51. The Kier molecular flexibility index (Phi) is 7.37. The van der Waals surface area contributed by atoms with Crippen molar-refractivity contribution in [1.29, 1.82) is 0 Å². The maximum atomic E-state index is 11.5. The third kappa shape index (κ3) is 8.40. The van der Waals surface area contributed by atoms with E-state index in [9.17, 15) is 13.2 Å². The Morgan fingerprint density at radius 1 is 1.39 bits per heavy atom. The van der Waals surface area contributed by atoms with Gasteiger partial charge < -0.3 is 15.8 Å². The van der Waals surface area contributed by atoms with Crippen molar-refractivity contribution in [3.05, 3.63) is 0 Å². The van der Waals surface area contributed by atoms with Crippen molar-refractivity contribution < 1.29 is 17.9 Å². The highest BCUT2D eigenvalue weighted by Gasteiger charge is 2.19. The van der Waals surface area contributed by atoms with Gasteiger partial charge in [0.05, 0.1) is 18.9 Å². The first kappa shape index (κ1) is 17.3. The second-order valence-electron chi connectivity index (χ2n) is 4.47. The van der Waals surface area contributed by atoms with Crippen LogP contribution in [0.1, 0.15) is 20.8 Å². The topological polar surface area (TPSA) is 111 Å². The van der Waals surface area contributed by atoms with E-state index in [1.807, 2.05) is 0 Å². The van der Waals surface area contributed by atoms with Gasteiger partial charge in [-0.05, 0) is 20.8 Å². The molecule has 8 heteroatoms. The summed E-state index contributed by atoms with van der Waals surface area (Å²) in [6.07, 6.45) is 0. The zero-order valence-electron chi connectivity index (χ0n) is 11.2. The molecule has 0 aromatic heterocycles. The third-order valence-electron chi connectivity index (χ3n) is 2.14. The smallest absolute Gasteiger partial charge is 0.235 e. The van der Waals surface area contributed by atoms with E-state index in [4.69, 9.17) is 10.5 Å². The maximum absolute atomic E-state index is 11.5. The van der Waals surface area contributed by atoms with Crippen LogP contribution in [0.25, 0.3) is 0 Å². The molecule has 18 heavy (non-hydrogen) atoms. The fraction of sp³-hybridized carbons (Fsp3) is 0.900. The molecular weight excluding hydrogens is 258 g/mol. The van der Waals surface area contributed by atoms with E-state index < -0.39 is 21.5 Å². The standard InChI is InChI=1S/C10H23N3O4S/c1-4-17-5-6-18(15,16)12-7-9(14)13-10(2,3)8-11/h12H,4-8,11H2,1-3H3,(H,13,14). The van der Waals surface area contributed by atoms with E-state index in [1.165, 1.54) is 0 Å². The fourth-order valence-electron chi connectivity index (χ4n) is 1.03. The average molecular weight is 281 g/mol. The Morgan fingerprint density at radius 2 is 2.00 bits per heavy atom. The normalized spacial score (nSPS) is 12.4. The largest absolute Gasteiger partial charge is 0.381 e. The maximum Gasteiger partial charge on any atom is 0.235 e. The van der Waals surface area contributed by atoms with Gasteiger partial charge in [0, 0.05) is 18.7 Å². The summed E-state index contributed by atoms with van der Waals surface area (Å²) >= 11 is 0. The number of carbonyl (C=O) groups excluding carboxylic acids is 1. The summed E-state index contributed by atoms with van der Waals surface area (Å²) in [5, 5.41) is 2.62. The molecule has 108 valence electrons. The van der Waals surface area contributed by atoms with Crippen molar-refractivity contribution in [1.82, 2.24) is 10.0 Å². The van der Waals surface area contributed by atoms with Crippen LogP contribution >= 0.6 is 0 Å². The minimum atomic E-state index is -3.48. The number of nitrogens with one attached hydrogen (secondary N) is 2. The van der Waals surface area contributed by atoms with Crippen LogP contribution in [0.2, 0.25) is 0 Å². The molecule has 0 saturated heterocycles. The first-order valence-corrected chi connectivity index (χ1v) is 7.44. The quantitative estimate of drug-likeness (QED) is 0.460. The zero-order valence-corrected chi connectivity index (χ0v) is 12.0. The van der Waals surface area contributed by atoms with Crippen LogP contribution in [-0.2, 0) is 19.6 Å². The third-order valence-corrected chi connectivity index (χ3v) is 3.43. The molecule has 0 aromatic carbocycles.